The largest absolute Gasteiger partial charge is 0.353 e. The summed E-state index contributed by atoms with van der Waals surface area (Å²) in [4.78, 5) is 12.4. The average molecular weight is 364 g/mol. The van der Waals surface area contributed by atoms with Gasteiger partial charge in [-0.15, -0.1) is 0 Å². The Bertz CT molecular complexity index is 378. The first-order valence-corrected chi connectivity index (χ1v) is 12.0. The second-order valence-corrected chi connectivity index (χ2v) is 9.24. The SMILES string of the molecule is CCCCCCCCCCCC(=O)NC(C)C1CCCC2CCCCC21. The molecule has 2 nitrogen and oxygen atoms in total. The Balaban J connectivity index is 1.54. The highest BCUT2D eigenvalue weighted by Gasteiger charge is 2.37. The zero-order valence-electron chi connectivity index (χ0n) is 17.7. The highest BCUT2D eigenvalue weighted by Crippen LogP contribution is 2.44. The first kappa shape index (κ1) is 21.8. The minimum absolute atomic E-state index is 0.304. The van der Waals surface area contributed by atoms with Crippen LogP contribution in [0.15, 0.2) is 0 Å². The van der Waals surface area contributed by atoms with Gasteiger partial charge in [-0.2, -0.15) is 0 Å². The van der Waals surface area contributed by atoms with Gasteiger partial charge in [0.15, 0.2) is 0 Å². The third-order valence-corrected chi connectivity index (χ3v) is 7.17. The molecule has 0 aromatic rings. The van der Waals surface area contributed by atoms with Crippen LogP contribution in [0.4, 0.5) is 0 Å². The summed E-state index contributed by atoms with van der Waals surface area (Å²) in [5.41, 5.74) is 0. The fraction of sp³-hybridized carbons (Fsp3) is 0.958. The number of unbranched alkanes of at least 4 members (excludes halogenated alkanes) is 8. The molecule has 0 aromatic heterocycles. The van der Waals surface area contributed by atoms with Crippen molar-refractivity contribution in [2.45, 2.75) is 129 Å². The lowest BCUT2D eigenvalue weighted by Crippen LogP contribution is -2.45. The molecule has 0 radical (unpaired) electrons. The van der Waals surface area contributed by atoms with Crippen molar-refractivity contribution in [3.05, 3.63) is 0 Å². The van der Waals surface area contributed by atoms with E-state index in [9.17, 15) is 4.79 Å². The number of rotatable bonds is 12. The van der Waals surface area contributed by atoms with Crippen LogP contribution in [0.25, 0.3) is 0 Å². The van der Waals surface area contributed by atoms with E-state index in [-0.39, 0.29) is 0 Å². The number of carbonyl (C=O) groups excluding carboxylic acids is 1. The Morgan fingerprint density at radius 2 is 1.46 bits per heavy atom. The Morgan fingerprint density at radius 1 is 0.846 bits per heavy atom. The van der Waals surface area contributed by atoms with Crippen molar-refractivity contribution in [3.8, 4) is 0 Å². The van der Waals surface area contributed by atoms with Crippen molar-refractivity contribution < 1.29 is 4.79 Å². The molecule has 4 unspecified atom stereocenters. The van der Waals surface area contributed by atoms with E-state index < -0.39 is 0 Å². The van der Waals surface area contributed by atoms with E-state index in [4.69, 9.17) is 0 Å². The van der Waals surface area contributed by atoms with E-state index in [1.807, 2.05) is 0 Å². The lowest BCUT2D eigenvalue weighted by atomic mass is 9.64. The molecule has 0 heterocycles. The molecule has 2 fully saturated rings. The molecular weight excluding hydrogens is 318 g/mol. The van der Waals surface area contributed by atoms with E-state index in [0.717, 1.165) is 30.6 Å². The van der Waals surface area contributed by atoms with Gasteiger partial charge in [0, 0.05) is 12.5 Å². The third-order valence-electron chi connectivity index (χ3n) is 7.17. The van der Waals surface area contributed by atoms with Gasteiger partial charge in [0.1, 0.15) is 0 Å². The maximum Gasteiger partial charge on any atom is 0.220 e. The highest BCUT2D eigenvalue weighted by atomic mass is 16.1. The molecule has 26 heavy (non-hydrogen) atoms. The average Bonchev–Trinajstić information content (AvgIpc) is 2.66. The monoisotopic (exact) mass is 363 g/mol. The molecule has 0 saturated heterocycles. The summed E-state index contributed by atoms with van der Waals surface area (Å²) in [7, 11) is 0. The maximum atomic E-state index is 12.4. The minimum atomic E-state index is 0.304. The second kappa shape index (κ2) is 12.8. The molecule has 2 saturated carbocycles. The predicted molar refractivity (Wildman–Crippen MR) is 112 cm³/mol. The highest BCUT2D eigenvalue weighted by molar-refractivity contribution is 5.76. The van der Waals surface area contributed by atoms with E-state index in [1.165, 1.54) is 96.3 Å². The van der Waals surface area contributed by atoms with Crippen molar-refractivity contribution in [3.63, 3.8) is 0 Å². The number of carbonyl (C=O) groups is 1. The fourth-order valence-corrected chi connectivity index (χ4v) is 5.64. The van der Waals surface area contributed by atoms with Crippen LogP contribution in [0, 0.1) is 17.8 Å². The summed E-state index contributed by atoms with van der Waals surface area (Å²) < 4.78 is 0. The number of fused-ring (bicyclic) bond motifs is 1. The van der Waals surface area contributed by atoms with Crippen LogP contribution in [0.2, 0.25) is 0 Å². The van der Waals surface area contributed by atoms with Crippen LogP contribution in [0.3, 0.4) is 0 Å². The Morgan fingerprint density at radius 3 is 2.19 bits per heavy atom. The fourth-order valence-electron chi connectivity index (χ4n) is 5.64. The number of nitrogens with one attached hydrogen (secondary N) is 1. The number of hydrogen-bond donors (Lipinski definition) is 1. The van der Waals surface area contributed by atoms with Crippen molar-refractivity contribution in [2.24, 2.45) is 17.8 Å². The lowest BCUT2D eigenvalue weighted by molar-refractivity contribution is -0.122. The topological polar surface area (TPSA) is 29.1 Å². The van der Waals surface area contributed by atoms with Gasteiger partial charge in [-0.3, -0.25) is 4.79 Å². The van der Waals surface area contributed by atoms with Crippen LogP contribution >= 0.6 is 0 Å². The van der Waals surface area contributed by atoms with Gasteiger partial charge in [0.25, 0.3) is 0 Å². The molecule has 0 spiro atoms. The summed E-state index contributed by atoms with van der Waals surface area (Å²) in [6, 6.07) is 0.381. The molecular formula is C24H45NO. The Labute approximate surface area is 163 Å². The first-order valence-electron chi connectivity index (χ1n) is 12.0. The molecule has 4 atom stereocenters. The van der Waals surface area contributed by atoms with Gasteiger partial charge in [-0.25, -0.2) is 0 Å². The molecule has 0 bridgehead atoms. The van der Waals surface area contributed by atoms with Gasteiger partial charge in [0.2, 0.25) is 5.91 Å². The van der Waals surface area contributed by atoms with Gasteiger partial charge in [-0.1, -0.05) is 90.4 Å². The molecule has 2 heteroatoms. The number of amides is 1. The summed E-state index contributed by atoms with van der Waals surface area (Å²) in [5, 5.41) is 3.37. The standard InChI is InChI=1S/C24H45NO/c1-3-4-5-6-7-8-9-10-11-19-24(26)25-20(2)22-18-14-16-21-15-12-13-17-23(21)22/h20-23H,3-19H2,1-2H3,(H,25,26). The van der Waals surface area contributed by atoms with Crippen LogP contribution in [0.5, 0.6) is 0 Å². The van der Waals surface area contributed by atoms with Gasteiger partial charge in [-0.05, 0) is 43.9 Å². The van der Waals surface area contributed by atoms with E-state index >= 15 is 0 Å². The summed E-state index contributed by atoms with van der Waals surface area (Å²) in [5.74, 6) is 2.89. The molecule has 2 aliphatic carbocycles. The molecule has 2 aliphatic rings. The van der Waals surface area contributed by atoms with Crippen LogP contribution in [-0.2, 0) is 4.79 Å². The van der Waals surface area contributed by atoms with Gasteiger partial charge >= 0.3 is 0 Å². The Hall–Kier alpha value is -0.530. The van der Waals surface area contributed by atoms with Crippen LogP contribution in [0.1, 0.15) is 123 Å². The summed E-state index contributed by atoms with van der Waals surface area (Å²) in [6.45, 7) is 4.55. The van der Waals surface area contributed by atoms with Crippen molar-refractivity contribution in [1.82, 2.24) is 5.32 Å². The van der Waals surface area contributed by atoms with E-state index in [2.05, 4.69) is 19.2 Å². The normalized spacial score (nSPS) is 26.9. The van der Waals surface area contributed by atoms with Crippen molar-refractivity contribution in [1.29, 1.82) is 0 Å². The molecule has 0 aliphatic heterocycles. The second-order valence-electron chi connectivity index (χ2n) is 9.24. The van der Waals surface area contributed by atoms with Crippen molar-refractivity contribution >= 4 is 5.91 Å². The molecule has 0 aromatic carbocycles. The lowest BCUT2D eigenvalue weighted by Gasteiger charge is -2.44. The quantitative estimate of drug-likeness (QED) is 0.371. The van der Waals surface area contributed by atoms with Crippen LogP contribution < -0.4 is 5.32 Å². The molecule has 152 valence electrons. The first-order chi connectivity index (χ1) is 12.7. The third kappa shape index (κ3) is 7.61. The van der Waals surface area contributed by atoms with Crippen molar-refractivity contribution in [2.75, 3.05) is 0 Å². The van der Waals surface area contributed by atoms with Gasteiger partial charge < -0.3 is 5.32 Å². The molecule has 2 rings (SSSR count). The zero-order chi connectivity index (χ0) is 18.6. The number of hydrogen-bond acceptors (Lipinski definition) is 1. The summed E-state index contributed by atoms with van der Waals surface area (Å²) >= 11 is 0. The predicted octanol–water partition coefficient (Wildman–Crippen LogP) is 7.02. The molecule has 1 N–H and O–H groups in total. The molecule has 1 amide bonds. The van der Waals surface area contributed by atoms with E-state index in [0.29, 0.717) is 11.9 Å². The minimum Gasteiger partial charge on any atom is -0.353 e. The smallest absolute Gasteiger partial charge is 0.220 e. The zero-order valence-corrected chi connectivity index (χ0v) is 17.7. The Kier molecular flexibility index (Phi) is 10.7. The van der Waals surface area contributed by atoms with Gasteiger partial charge in [0.05, 0.1) is 0 Å². The summed E-state index contributed by atoms with van der Waals surface area (Å²) in [6.07, 6.45) is 22.5. The maximum absolute atomic E-state index is 12.4. The van der Waals surface area contributed by atoms with E-state index in [1.54, 1.807) is 0 Å². The van der Waals surface area contributed by atoms with Crippen LogP contribution in [-0.4, -0.2) is 11.9 Å².